The number of aryl methyl sites for hydroxylation is 4. The van der Waals surface area contributed by atoms with Gasteiger partial charge in [0.05, 0.1) is 25.3 Å². The first-order chi connectivity index (χ1) is 13.5. The van der Waals surface area contributed by atoms with E-state index in [2.05, 4.69) is 21.5 Å². The number of aromatic nitrogens is 4. The van der Waals surface area contributed by atoms with Crippen molar-refractivity contribution in [1.82, 2.24) is 19.7 Å². The van der Waals surface area contributed by atoms with Crippen LogP contribution in [-0.2, 0) is 17.8 Å². The van der Waals surface area contributed by atoms with Crippen molar-refractivity contribution in [3.8, 4) is 17.0 Å². The van der Waals surface area contributed by atoms with Gasteiger partial charge in [0.25, 0.3) is 0 Å². The number of hydrogen-bond donors (Lipinski definition) is 1. The fourth-order valence-corrected chi connectivity index (χ4v) is 4.45. The summed E-state index contributed by atoms with van der Waals surface area (Å²) in [5, 5.41) is 7.83. The highest BCUT2D eigenvalue weighted by molar-refractivity contribution is 7.16. The quantitative estimate of drug-likeness (QED) is 0.728. The maximum absolute atomic E-state index is 12.7. The number of thiazole rings is 1. The summed E-state index contributed by atoms with van der Waals surface area (Å²) in [7, 11) is 1.68. The Morgan fingerprint density at radius 3 is 2.89 bits per heavy atom. The van der Waals surface area contributed by atoms with E-state index < -0.39 is 0 Å². The van der Waals surface area contributed by atoms with Gasteiger partial charge in [-0.2, -0.15) is 5.10 Å². The van der Waals surface area contributed by atoms with E-state index >= 15 is 0 Å². The summed E-state index contributed by atoms with van der Waals surface area (Å²) in [6.45, 7) is 6.67. The number of nitrogens with zero attached hydrogens (tertiary/aromatic N) is 4. The van der Waals surface area contributed by atoms with Gasteiger partial charge < -0.3 is 10.1 Å². The summed E-state index contributed by atoms with van der Waals surface area (Å²) in [5.74, 6) is 1.69. The number of amides is 1. The van der Waals surface area contributed by atoms with Crippen LogP contribution < -0.4 is 10.1 Å². The normalized spacial score (nSPS) is 15.9. The number of benzene rings is 1. The minimum atomic E-state index is -0.119. The molecule has 0 saturated carbocycles. The smallest absolute Gasteiger partial charge is 0.231 e. The highest BCUT2D eigenvalue weighted by Gasteiger charge is 2.26. The first-order valence-electron chi connectivity index (χ1n) is 9.27. The molecule has 0 bridgehead atoms. The molecule has 0 fully saturated rings. The van der Waals surface area contributed by atoms with E-state index in [4.69, 9.17) is 9.72 Å². The van der Waals surface area contributed by atoms with Crippen LogP contribution in [-0.4, -0.2) is 32.8 Å². The molecule has 3 heterocycles. The predicted octanol–water partition coefficient (Wildman–Crippen LogP) is 3.54. The molecule has 1 unspecified atom stereocenters. The molecule has 1 amide bonds. The van der Waals surface area contributed by atoms with E-state index in [0.717, 1.165) is 51.7 Å². The summed E-state index contributed by atoms with van der Waals surface area (Å²) in [5.41, 5.74) is 4.13. The van der Waals surface area contributed by atoms with Crippen LogP contribution in [0.1, 0.15) is 28.2 Å². The van der Waals surface area contributed by atoms with Crippen molar-refractivity contribution in [2.75, 3.05) is 12.4 Å². The molecule has 0 radical (unpaired) electrons. The lowest BCUT2D eigenvalue weighted by Gasteiger charge is -2.21. The Kier molecular flexibility index (Phi) is 4.89. The van der Waals surface area contributed by atoms with Gasteiger partial charge in [-0.3, -0.25) is 4.79 Å². The van der Waals surface area contributed by atoms with Crippen molar-refractivity contribution in [2.24, 2.45) is 5.92 Å². The maximum atomic E-state index is 12.7. The van der Waals surface area contributed by atoms with Crippen molar-refractivity contribution in [3.05, 3.63) is 40.3 Å². The molecule has 1 aliphatic heterocycles. The first kappa shape index (κ1) is 18.6. The standard InChI is InChI=1S/C20H23N5O2S/c1-11-8-16(27-4)12(2)7-15(11)18-13(3)28-20(23-18)24-19(26)14-5-6-17-21-10-22-25(17)9-14/h7-8,10,14H,5-6,9H2,1-4H3,(H,23,24,26). The summed E-state index contributed by atoms with van der Waals surface area (Å²) in [4.78, 5) is 22.7. The Balaban J connectivity index is 1.54. The van der Waals surface area contributed by atoms with Crippen LogP contribution in [0.25, 0.3) is 11.3 Å². The van der Waals surface area contributed by atoms with Crippen LogP contribution in [0.3, 0.4) is 0 Å². The number of methoxy groups -OCH3 is 1. The highest BCUT2D eigenvalue weighted by atomic mass is 32.1. The zero-order valence-electron chi connectivity index (χ0n) is 16.4. The van der Waals surface area contributed by atoms with Crippen LogP contribution in [0.4, 0.5) is 5.13 Å². The molecule has 146 valence electrons. The van der Waals surface area contributed by atoms with Gasteiger partial charge in [-0.05, 0) is 50.5 Å². The number of hydrogen-bond acceptors (Lipinski definition) is 6. The zero-order chi connectivity index (χ0) is 19.8. The van der Waals surface area contributed by atoms with Crippen LogP contribution in [0.15, 0.2) is 18.5 Å². The van der Waals surface area contributed by atoms with E-state index in [9.17, 15) is 4.79 Å². The molecule has 1 aliphatic rings. The Bertz CT molecular complexity index is 1040. The molecule has 8 heteroatoms. The molecular formula is C20H23N5O2S. The average Bonchev–Trinajstić information content (AvgIpc) is 3.28. The van der Waals surface area contributed by atoms with Crippen LogP contribution in [0, 0.1) is 26.7 Å². The Hall–Kier alpha value is -2.74. The summed E-state index contributed by atoms with van der Waals surface area (Å²) >= 11 is 1.50. The third-order valence-corrected chi connectivity index (χ3v) is 6.09. The van der Waals surface area contributed by atoms with Gasteiger partial charge in [-0.15, -0.1) is 11.3 Å². The molecule has 3 aromatic rings. The molecule has 1 N–H and O–H groups in total. The number of rotatable bonds is 4. The molecule has 1 atom stereocenters. The molecule has 0 aliphatic carbocycles. The van der Waals surface area contributed by atoms with Crippen molar-refractivity contribution in [1.29, 1.82) is 0 Å². The summed E-state index contributed by atoms with van der Waals surface area (Å²) in [6, 6.07) is 4.12. The van der Waals surface area contributed by atoms with Crippen molar-refractivity contribution in [3.63, 3.8) is 0 Å². The molecule has 7 nitrogen and oxygen atoms in total. The van der Waals surface area contributed by atoms with E-state index in [1.165, 1.54) is 11.3 Å². The second-order valence-corrected chi connectivity index (χ2v) is 8.35. The SMILES string of the molecule is COc1cc(C)c(-c2nc(NC(=O)C3CCc4ncnn4C3)sc2C)cc1C. The average molecular weight is 398 g/mol. The fourth-order valence-electron chi connectivity index (χ4n) is 3.62. The van der Waals surface area contributed by atoms with Crippen LogP contribution in [0.5, 0.6) is 5.75 Å². The van der Waals surface area contributed by atoms with Gasteiger partial charge in [0.1, 0.15) is 17.9 Å². The second kappa shape index (κ2) is 7.35. The third-order valence-electron chi connectivity index (χ3n) is 5.20. The molecule has 28 heavy (non-hydrogen) atoms. The lowest BCUT2D eigenvalue weighted by atomic mass is 9.99. The Morgan fingerprint density at radius 2 is 2.11 bits per heavy atom. The minimum absolute atomic E-state index is 0.0101. The van der Waals surface area contributed by atoms with Gasteiger partial charge in [-0.1, -0.05) is 0 Å². The predicted molar refractivity (Wildman–Crippen MR) is 109 cm³/mol. The first-order valence-corrected chi connectivity index (χ1v) is 10.1. The molecule has 4 rings (SSSR count). The Labute approximate surface area is 167 Å². The van der Waals surface area contributed by atoms with Crippen LogP contribution in [0.2, 0.25) is 0 Å². The van der Waals surface area contributed by atoms with Gasteiger partial charge >= 0.3 is 0 Å². The number of nitrogens with one attached hydrogen (secondary N) is 1. The van der Waals surface area contributed by atoms with Crippen molar-refractivity contribution in [2.45, 2.75) is 40.2 Å². The second-order valence-electron chi connectivity index (χ2n) is 7.14. The number of carbonyl (C=O) groups is 1. The minimum Gasteiger partial charge on any atom is -0.496 e. The molecule has 1 aromatic carbocycles. The molecule has 2 aromatic heterocycles. The number of anilines is 1. The van der Waals surface area contributed by atoms with E-state index in [1.54, 1.807) is 13.4 Å². The lowest BCUT2D eigenvalue weighted by Crippen LogP contribution is -2.31. The van der Waals surface area contributed by atoms with Gasteiger partial charge in [0.15, 0.2) is 5.13 Å². The topological polar surface area (TPSA) is 81.9 Å². The molecule has 0 spiro atoms. The van der Waals surface area contributed by atoms with Gasteiger partial charge in [0, 0.05) is 16.9 Å². The van der Waals surface area contributed by atoms with Crippen molar-refractivity contribution < 1.29 is 9.53 Å². The summed E-state index contributed by atoms with van der Waals surface area (Å²) < 4.78 is 7.22. The lowest BCUT2D eigenvalue weighted by molar-refractivity contribution is -0.120. The van der Waals surface area contributed by atoms with E-state index in [-0.39, 0.29) is 11.8 Å². The Morgan fingerprint density at radius 1 is 1.29 bits per heavy atom. The number of ether oxygens (including phenoxy) is 1. The third kappa shape index (κ3) is 3.40. The largest absolute Gasteiger partial charge is 0.496 e. The van der Waals surface area contributed by atoms with Crippen LogP contribution >= 0.6 is 11.3 Å². The summed E-state index contributed by atoms with van der Waals surface area (Å²) in [6.07, 6.45) is 3.09. The zero-order valence-corrected chi connectivity index (χ0v) is 17.3. The van der Waals surface area contributed by atoms with Gasteiger partial charge in [0.2, 0.25) is 5.91 Å². The molecular weight excluding hydrogens is 374 g/mol. The highest BCUT2D eigenvalue weighted by Crippen LogP contribution is 2.35. The van der Waals surface area contributed by atoms with E-state index in [1.807, 2.05) is 31.5 Å². The fraction of sp³-hybridized carbons (Fsp3) is 0.400. The van der Waals surface area contributed by atoms with Gasteiger partial charge in [-0.25, -0.2) is 14.6 Å². The molecule has 0 saturated heterocycles. The van der Waals surface area contributed by atoms with Crippen molar-refractivity contribution >= 4 is 22.4 Å². The monoisotopic (exact) mass is 397 g/mol. The van der Waals surface area contributed by atoms with E-state index in [0.29, 0.717) is 11.7 Å². The maximum Gasteiger partial charge on any atom is 0.231 e. The number of fused-ring (bicyclic) bond motifs is 1. The number of carbonyl (C=O) groups excluding carboxylic acids is 1.